The van der Waals surface area contributed by atoms with Gasteiger partial charge < -0.3 is 16.6 Å². The lowest BCUT2D eigenvalue weighted by Crippen LogP contribution is -2.19. The van der Waals surface area contributed by atoms with E-state index in [2.05, 4.69) is 0 Å². The third-order valence-corrected chi connectivity index (χ3v) is 1.65. The van der Waals surface area contributed by atoms with Gasteiger partial charge in [0.25, 0.3) is 0 Å². The van der Waals surface area contributed by atoms with Gasteiger partial charge in [0, 0.05) is 6.42 Å². The van der Waals surface area contributed by atoms with Crippen LogP contribution in [0.1, 0.15) is 32.1 Å². The number of nitrogens with two attached hydrogens (primary N) is 2. The van der Waals surface area contributed by atoms with Crippen LogP contribution in [-0.2, 0) is 9.59 Å². The molecule has 0 aliphatic rings. The van der Waals surface area contributed by atoms with Crippen molar-refractivity contribution in [3.63, 3.8) is 0 Å². The summed E-state index contributed by atoms with van der Waals surface area (Å²) in [5.41, 5.74) is 9.79. The van der Waals surface area contributed by atoms with E-state index in [-0.39, 0.29) is 12.3 Å². The van der Waals surface area contributed by atoms with E-state index in [1.165, 1.54) is 0 Å². The molecule has 0 fully saturated rings. The molecule has 5 nitrogen and oxygen atoms in total. The van der Waals surface area contributed by atoms with Crippen molar-refractivity contribution in [1.29, 1.82) is 0 Å². The number of aliphatic hydroxyl groups excluding tert-OH is 1. The van der Waals surface area contributed by atoms with Crippen LogP contribution < -0.4 is 11.5 Å². The summed E-state index contributed by atoms with van der Waals surface area (Å²) in [6, 6.07) is 0. The average molecular weight is 188 g/mol. The van der Waals surface area contributed by atoms with Crippen molar-refractivity contribution in [1.82, 2.24) is 0 Å². The molecule has 0 spiro atoms. The Morgan fingerprint density at radius 3 is 2.23 bits per heavy atom. The van der Waals surface area contributed by atoms with Crippen molar-refractivity contribution in [3.05, 3.63) is 0 Å². The minimum absolute atomic E-state index is 0.0173. The van der Waals surface area contributed by atoms with Gasteiger partial charge >= 0.3 is 0 Å². The fourth-order valence-electron chi connectivity index (χ4n) is 1.01. The number of unbranched alkanes of at least 4 members (excludes halogenated alkanes) is 1. The Bertz CT molecular complexity index is 182. The van der Waals surface area contributed by atoms with Crippen molar-refractivity contribution in [2.45, 2.75) is 38.2 Å². The van der Waals surface area contributed by atoms with Crippen molar-refractivity contribution < 1.29 is 14.7 Å². The highest BCUT2D eigenvalue weighted by Gasteiger charge is 2.07. The fourth-order valence-corrected chi connectivity index (χ4v) is 1.01. The van der Waals surface area contributed by atoms with Gasteiger partial charge in [-0.25, -0.2) is 0 Å². The Labute approximate surface area is 77.1 Å². The number of aliphatic hydroxyl groups is 1. The first-order chi connectivity index (χ1) is 6.02. The SMILES string of the molecule is NC(=O)CCCCC(O)CC(N)=O. The van der Waals surface area contributed by atoms with Crippen molar-refractivity contribution >= 4 is 11.8 Å². The van der Waals surface area contributed by atoms with Crippen LogP contribution in [0.2, 0.25) is 0 Å². The van der Waals surface area contributed by atoms with Crippen LogP contribution in [0.15, 0.2) is 0 Å². The summed E-state index contributed by atoms with van der Waals surface area (Å²) in [5.74, 6) is -0.855. The Morgan fingerprint density at radius 2 is 1.77 bits per heavy atom. The van der Waals surface area contributed by atoms with Crippen molar-refractivity contribution in [2.75, 3.05) is 0 Å². The van der Waals surface area contributed by atoms with E-state index < -0.39 is 12.0 Å². The van der Waals surface area contributed by atoms with E-state index >= 15 is 0 Å². The Morgan fingerprint density at radius 1 is 1.15 bits per heavy atom. The molecule has 0 rings (SSSR count). The van der Waals surface area contributed by atoms with Crippen LogP contribution >= 0.6 is 0 Å². The molecule has 0 radical (unpaired) electrons. The molecule has 1 unspecified atom stereocenters. The molecule has 0 aromatic heterocycles. The zero-order chi connectivity index (χ0) is 10.3. The second-order valence-electron chi connectivity index (χ2n) is 3.04. The van der Waals surface area contributed by atoms with Crippen molar-refractivity contribution in [3.8, 4) is 0 Å². The molecule has 0 aromatic rings. The molecule has 0 saturated heterocycles. The lowest BCUT2D eigenvalue weighted by Gasteiger charge is -2.06. The van der Waals surface area contributed by atoms with Gasteiger partial charge in [0.1, 0.15) is 0 Å². The highest BCUT2D eigenvalue weighted by Crippen LogP contribution is 2.05. The lowest BCUT2D eigenvalue weighted by molar-refractivity contribution is -0.120. The van der Waals surface area contributed by atoms with E-state index in [4.69, 9.17) is 16.6 Å². The molecule has 0 bridgehead atoms. The van der Waals surface area contributed by atoms with Gasteiger partial charge in [0.05, 0.1) is 12.5 Å². The molecule has 13 heavy (non-hydrogen) atoms. The van der Waals surface area contributed by atoms with E-state index in [0.29, 0.717) is 25.7 Å². The molecule has 0 aromatic carbocycles. The second-order valence-corrected chi connectivity index (χ2v) is 3.04. The van der Waals surface area contributed by atoms with Crippen LogP contribution in [0.5, 0.6) is 0 Å². The molecule has 0 aliphatic heterocycles. The molecular weight excluding hydrogens is 172 g/mol. The Balaban J connectivity index is 3.31. The molecule has 5 heteroatoms. The summed E-state index contributed by atoms with van der Waals surface area (Å²) < 4.78 is 0. The molecule has 76 valence electrons. The van der Waals surface area contributed by atoms with E-state index in [0.717, 1.165) is 0 Å². The zero-order valence-corrected chi connectivity index (χ0v) is 7.53. The highest BCUT2D eigenvalue weighted by molar-refractivity contribution is 5.74. The van der Waals surface area contributed by atoms with Crippen LogP contribution in [0.25, 0.3) is 0 Å². The number of carbonyl (C=O) groups is 2. The van der Waals surface area contributed by atoms with Gasteiger partial charge in [-0.3, -0.25) is 9.59 Å². The van der Waals surface area contributed by atoms with Gasteiger partial charge in [-0.15, -0.1) is 0 Å². The monoisotopic (exact) mass is 188 g/mol. The van der Waals surface area contributed by atoms with Crippen LogP contribution in [0, 0.1) is 0 Å². The predicted octanol–water partition coefficient (Wildman–Crippen LogP) is -0.732. The Hall–Kier alpha value is -1.10. The van der Waals surface area contributed by atoms with Crippen LogP contribution in [-0.4, -0.2) is 23.0 Å². The standard InChI is InChI=1S/C8H16N2O3/c9-7(12)4-2-1-3-6(11)5-8(10)13/h6,11H,1-5H2,(H2,9,12)(H2,10,13). The maximum Gasteiger partial charge on any atom is 0.220 e. The number of primary amides is 2. The van der Waals surface area contributed by atoms with E-state index in [1.54, 1.807) is 0 Å². The maximum absolute atomic E-state index is 10.3. The molecule has 0 aliphatic carbocycles. The maximum atomic E-state index is 10.3. The summed E-state index contributed by atoms with van der Waals surface area (Å²) in [7, 11) is 0. The number of hydrogen-bond donors (Lipinski definition) is 3. The third-order valence-electron chi connectivity index (χ3n) is 1.65. The van der Waals surface area contributed by atoms with Gasteiger partial charge in [-0.1, -0.05) is 6.42 Å². The summed E-state index contributed by atoms with van der Waals surface area (Å²) in [6.07, 6.45) is 1.42. The van der Waals surface area contributed by atoms with Crippen molar-refractivity contribution in [2.24, 2.45) is 11.5 Å². The predicted molar refractivity (Wildman–Crippen MR) is 47.5 cm³/mol. The lowest BCUT2D eigenvalue weighted by atomic mass is 10.1. The van der Waals surface area contributed by atoms with Crippen LogP contribution in [0.4, 0.5) is 0 Å². The first kappa shape index (κ1) is 11.9. The van der Waals surface area contributed by atoms with E-state index in [9.17, 15) is 9.59 Å². The quantitative estimate of drug-likeness (QED) is 0.458. The fraction of sp³-hybridized carbons (Fsp3) is 0.750. The second kappa shape index (κ2) is 6.42. The Kier molecular flexibility index (Phi) is 5.88. The highest BCUT2D eigenvalue weighted by atomic mass is 16.3. The third kappa shape index (κ3) is 8.81. The molecule has 0 heterocycles. The summed E-state index contributed by atoms with van der Waals surface area (Å²) >= 11 is 0. The van der Waals surface area contributed by atoms with Gasteiger partial charge in [-0.2, -0.15) is 0 Å². The molecule has 0 saturated carbocycles. The normalized spacial score (nSPS) is 12.4. The van der Waals surface area contributed by atoms with Gasteiger partial charge in [0.15, 0.2) is 0 Å². The summed E-state index contributed by atoms with van der Waals surface area (Å²) in [6.45, 7) is 0. The number of amides is 2. The largest absolute Gasteiger partial charge is 0.393 e. The molecule has 5 N–H and O–H groups in total. The molecule has 1 atom stereocenters. The topological polar surface area (TPSA) is 106 Å². The van der Waals surface area contributed by atoms with Gasteiger partial charge in [0.2, 0.25) is 11.8 Å². The smallest absolute Gasteiger partial charge is 0.220 e. The number of rotatable bonds is 7. The van der Waals surface area contributed by atoms with E-state index in [1.807, 2.05) is 0 Å². The summed E-state index contributed by atoms with van der Waals surface area (Å²) in [5, 5.41) is 9.17. The summed E-state index contributed by atoms with van der Waals surface area (Å²) in [4.78, 5) is 20.6. The first-order valence-electron chi connectivity index (χ1n) is 4.27. The first-order valence-corrected chi connectivity index (χ1v) is 4.27. The minimum Gasteiger partial charge on any atom is -0.393 e. The molecular formula is C8H16N2O3. The van der Waals surface area contributed by atoms with Gasteiger partial charge in [-0.05, 0) is 12.8 Å². The number of carbonyl (C=O) groups excluding carboxylic acids is 2. The molecule has 2 amide bonds. The van der Waals surface area contributed by atoms with Crippen LogP contribution in [0.3, 0.4) is 0 Å². The minimum atomic E-state index is -0.689. The number of hydrogen-bond acceptors (Lipinski definition) is 3. The average Bonchev–Trinajstić information content (AvgIpc) is 1.96. The zero-order valence-electron chi connectivity index (χ0n) is 7.53.